The van der Waals surface area contributed by atoms with E-state index in [1.807, 2.05) is 13.8 Å². The van der Waals surface area contributed by atoms with Gasteiger partial charge in [0.2, 0.25) is 0 Å². The van der Waals surface area contributed by atoms with Crippen molar-refractivity contribution in [3.63, 3.8) is 0 Å². The molecule has 0 aliphatic carbocycles. The lowest BCUT2D eigenvalue weighted by Crippen LogP contribution is -2.51. The number of ether oxygens (including phenoxy) is 4. The summed E-state index contributed by atoms with van der Waals surface area (Å²) in [5.74, 6) is -0.680. The Morgan fingerprint density at radius 2 is 1.93 bits per heavy atom. The predicted molar refractivity (Wildman–Crippen MR) is 46.6 cm³/mol. The van der Waals surface area contributed by atoms with Crippen molar-refractivity contribution in [1.82, 2.24) is 0 Å². The first-order valence-electron chi connectivity index (χ1n) is 4.71. The van der Waals surface area contributed by atoms with Gasteiger partial charge >= 0.3 is 0 Å². The highest BCUT2D eigenvalue weighted by atomic mass is 16.8. The van der Waals surface area contributed by atoms with Crippen LogP contribution in [-0.4, -0.2) is 49.2 Å². The average molecular weight is 204 g/mol. The fourth-order valence-electron chi connectivity index (χ4n) is 1.91. The van der Waals surface area contributed by atoms with Crippen LogP contribution in [0, 0.1) is 0 Å². The van der Waals surface area contributed by atoms with Crippen LogP contribution in [0.25, 0.3) is 0 Å². The van der Waals surface area contributed by atoms with Gasteiger partial charge in [-0.1, -0.05) is 0 Å². The Hall–Kier alpha value is -0.200. The Labute approximate surface area is 82.9 Å². The Bertz CT molecular complexity index is 217. The smallest absolute Gasteiger partial charge is 0.186 e. The van der Waals surface area contributed by atoms with Gasteiger partial charge in [0.15, 0.2) is 12.1 Å². The highest BCUT2D eigenvalue weighted by Gasteiger charge is 2.51. The van der Waals surface area contributed by atoms with Crippen LogP contribution in [0.2, 0.25) is 0 Å². The van der Waals surface area contributed by atoms with Crippen molar-refractivity contribution in [2.75, 3.05) is 13.7 Å². The Morgan fingerprint density at radius 1 is 1.29 bits per heavy atom. The second-order valence-corrected chi connectivity index (χ2v) is 4.07. The van der Waals surface area contributed by atoms with E-state index in [0.29, 0.717) is 0 Å². The van der Waals surface area contributed by atoms with E-state index in [1.165, 1.54) is 0 Å². The molecule has 0 aromatic rings. The van der Waals surface area contributed by atoms with Crippen LogP contribution >= 0.6 is 0 Å². The fourth-order valence-corrected chi connectivity index (χ4v) is 1.91. The van der Waals surface area contributed by atoms with Crippen LogP contribution in [0.5, 0.6) is 0 Å². The maximum Gasteiger partial charge on any atom is 0.186 e. The average Bonchev–Trinajstić information content (AvgIpc) is 2.42. The summed E-state index contributed by atoms with van der Waals surface area (Å²) in [6, 6.07) is 0. The summed E-state index contributed by atoms with van der Waals surface area (Å²) in [5, 5.41) is 9.64. The summed E-state index contributed by atoms with van der Waals surface area (Å²) in [5.41, 5.74) is 0. The van der Waals surface area contributed by atoms with Crippen molar-refractivity contribution >= 4 is 0 Å². The van der Waals surface area contributed by atoms with E-state index < -0.39 is 18.2 Å². The van der Waals surface area contributed by atoms with Gasteiger partial charge in [-0.3, -0.25) is 0 Å². The molecule has 0 unspecified atom stereocenters. The van der Waals surface area contributed by atoms with Crippen molar-refractivity contribution in [3.05, 3.63) is 0 Å². The predicted octanol–water partition coefficient (Wildman–Crippen LogP) is -0.130. The van der Waals surface area contributed by atoms with Gasteiger partial charge in [-0.05, 0) is 13.8 Å². The standard InChI is InChI=1S/C9H16O5/c1-9(2)13-6-5(10)4-12-8(11-3)7(6)14-9/h5-8,10H,4H2,1-3H3/t5-,6-,7-,8-/m1/s1. The fraction of sp³-hybridized carbons (Fsp3) is 1.00. The Morgan fingerprint density at radius 3 is 2.57 bits per heavy atom. The van der Waals surface area contributed by atoms with Crippen LogP contribution < -0.4 is 0 Å². The molecule has 0 aromatic carbocycles. The van der Waals surface area contributed by atoms with Crippen molar-refractivity contribution < 1.29 is 24.1 Å². The molecule has 2 rings (SSSR count). The molecule has 5 heteroatoms. The first-order valence-corrected chi connectivity index (χ1v) is 4.71. The van der Waals surface area contributed by atoms with Crippen molar-refractivity contribution in [3.8, 4) is 0 Å². The van der Waals surface area contributed by atoms with Gasteiger partial charge in [-0.15, -0.1) is 0 Å². The third-order valence-electron chi connectivity index (χ3n) is 2.47. The summed E-state index contributed by atoms with van der Waals surface area (Å²) in [6.07, 6.45) is -1.80. The van der Waals surface area contributed by atoms with Gasteiger partial charge < -0.3 is 24.1 Å². The highest BCUT2D eigenvalue weighted by molar-refractivity contribution is 4.91. The molecule has 0 spiro atoms. The minimum absolute atomic E-state index is 0.221. The van der Waals surface area contributed by atoms with Crippen LogP contribution in [0.4, 0.5) is 0 Å². The molecule has 0 amide bonds. The molecule has 0 saturated carbocycles. The molecule has 4 atom stereocenters. The summed E-state index contributed by atoms with van der Waals surface area (Å²) in [4.78, 5) is 0. The molecule has 82 valence electrons. The maximum atomic E-state index is 9.64. The van der Waals surface area contributed by atoms with E-state index in [-0.39, 0.29) is 18.8 Å². The van der Waals surface area contributed by atoms with E-state index in [4.69, 9.17) is 18.9 Å². The van der Waals surface area contributed by atoms with Crippen molar-refractivity contribution in [2.24, 2.45) is 0 Å². The molecule has 5 nitrogen and oxygen atoms in total. The van der Waals surface area contributed by atoms with E-state index in [2.05, 4.69) is 0 Å². The van der Waals surface area contributed by atoms with Gasteiger partial charge in [0.25, 0.3) is 0 Å². The first-order chi connectivity index (χ1) is 6.53. The van der Waals surface area contributed by atoms with Crippen LogP contribution in [0.15, 0.2) is 0 Å². The van der Waals surface area contributed by atoms with Crippen LogP contribution in [0.1, 0.15) is 13.8 Å². The molecular weight excluding hydrogens is 188 g/mol. The molecule has 2 heterocycles. The summed E-state index contributed by atoms with van der Waals surface area (Å²) in [6.45, 7) is 3.84. The second-order valence-electron chi connectivity index (χ2n) is 4.07. The first kappa shape index (κ1) is 10.3. The van der Waals surface area contributed by atoms with Gasteiger partial charge in [0.1, 0.15) is 18.3 Å². The Balaban J connectivity index is 2.14. The number of aliphatic hydroxyl groups excluding tert-OH is 1. The number of rotatable bonds is 1. The highest BCUT2D eigenvalue weighted by Crippen LogP contribution is 2.35. The van der Waals surface area contributed by atoms with Gasteiger partial charge in [-0.2, -0.15) is 0 Å². The lowest BCUT2D eigenvalue weighted by Gasteiger charge is -2.33. The largest absolute Gasteiger partial charge is 0.388 e. The number of hydrogen-bond donors (Lipinski definition) is 1. The molecule has 0 aromatic heterocycles. The van der Waals surface area contributed by atoms with Gasteiger partial charge in [0.05, 0.1) is 6.61 Å². The van der Waals surface area contributed by atoms with Crippen LogP contribution in [0.3, 0.4) is 0 Å². The third kappa shape index (κ3) is 1.66. The minimum Gasteiger partial charge on any atom is -0.388 e. The van der Waals surface area contributed by atoms with Gasteiger partial charge in [0, 0.05) is 7.11 Å². The topological polar surface area (TPSA) is 57.2 Å². The molecule has 2 fully saturated rings. The third-order valence-corrected chi connectivity index (χ3v) is 2.47. The maximum absolute atomic E-state index is 9.64. The molecule has 14 heavy (non-hydrogen) atoms. The summed E-state index contributed by atoms with van der Waals surface area (Å²) < 4.78 is 21.5. The quantitative estimate of drug-likeness (QED) is 0.644. The molecular formula is C9H16O5. The lowest BCUT2D eigenvalue weighted by molar-refractivity contribution is -0.237. The monoisotopic (exact) mass is 204 g/mol. The molecule has 2 aliphatic rings. The molecule has 1 N–H and O–H groups in total. The van der Waals surface area contributed by atoms with Crippen LogP contribution in [-0.2, 0) is 18.9 Å². The zero-order valence-electron chi connectivity index (χ0n) is 8.60. The van der Waals surface area contributed by atoms with E-state index >= 15 is 0 Å². The van der Waals surface area contributed by atoms with Crippen molar-refractivity contribution in [2.45, 2.75) is 44.2 Å². The molecule has 0 radical (unpaired) electrons. The molecule has 2 aliphatic heterocycles. The van der Waals surface area contributed by atoms with E-state index in [1.54, 1.807) is 7.11 Å². The summed E-state index contributed by atoms with van der Waals surface area (Å²) >= 11 is 0. The number of aliphatic hydroxyl groups is 1. The normalized spacial score (nSPS) is 46.3. The number of hydrogen-bond acceptors (Lipinski definition) is 5. The van der Waals surface area contributed by atoms with Gasteiger partial charge in [-0.25, -0.2) is 0 Å². The Kier molecular flexibility index (Phi) is 2.53. The minimum atomic E-state index is -0.680. The van der Waals surface area contributed by atoms with E-state index in [0.717, 1.165) is 0 Å². The summed E-state index contributed by atoms with van der Waals surface area (Å²) in [7, 11) is 1.55. The van der Waals surface area contributed by atoms with E-state index in [9.17, 15) is 5.11 Å². The molecule has 2 saturated heterocycles. The SMILES string of the molecule is CO[C@@H]1OC[C@@H](O)[C@H]2OC(C)(C)O[C@@H]12. The number of fused-ring (bicyclic) bond motifs is 1. The zero-order valence-corrected chi connectivity index (χ0v) is 8.60. The second kappa shape index (κ2) is 3.43. The van der Waals surface area contributed by atoms with Crippen molar-refractivity contribution in [1.29, 1.82) is 0 Å². The molecule has 0 bridgehead atoms. The lowest BCUT2D eigenvalue weighted by atomic mass is 10.1. The zero-order chi connectivity index (χ0) is 10.3. The number of methoxy groups -OCH3 is 1.